The molecule has 4 heteroatoms. The van der Waals surface area contributed by atoms with Gasteiger partial charge in [0.2, 0.25) is 0 Å². The van der Waals surface area contributed by atoms with Crippen LogP contribution in [0.4, 0.5) is 0 Å². The van der Waals surface area contributed by atoms with Crippen molar-refractivity contribution in [2.45, 2.75) is 6.10 Å². The van der Waals surface area contributed by atoms with Gasteiger partial charge in [-0.2, -0.15) is 0 Å². The highest BCUT2D eigenvalue weighted by Gasteiger charge is 2.03. The summed E-state index contributed by atoms with van der Waals surface area (Å²) < 4.78 is 11.0. The summed E-state index contributed by atoms with van der Waals surface area (Å²) in [5.74, 6) is 2.35. The SMILES string of the molecule is OC(CCl)COc1ccc(Oc2ccccc2)cc1. The number of hydrogen-bond donors (Lipinski definition) is 1. The second-order valence-corrected chi connectivity index (χ2v) is 4.31. The summed E-state index contributed by atoms with van der Waals surface area (Å²) >= 11 is 5.48. The van der Waals surface area contributed by atoms with E-state index in [0.29, 0.717) is 5.75 Å². The maximum Gasteiger partial charge on any atom is 0.127 e. The number of alkyl halides is 1. The lowest BCUT2D eigenvalue weighted by Gasteiger charge is -2.10. The summed E-state index contributed by atoms with van der Waals surface area (Å²) in [6, 6.07) is 16.8. The van der Waals surface area contributed by atoms with Crippen LogP contribution in [0.1, 0.15) is 0 Å². The molecular weight excluding hydrogens is 264 g/mol. The topological polar surface area (TPSA) is 38.7 Å². The van der Waals surface area contributed by atoms with Crippen LogP contribution in [0.15, 0.2) is 54.6 Å². The fourth-order valence-electron chi connectivity index (χ4n) is 1.47. The molecule has 0 aliphatic carbocycles. The molecule has 2 aromatic rings. The van der Waals surface area contributed by atoms with Crippen LogP contribution < -0.4 is 9.47 Å². The quantitative estimate of drug-likeness (QED) is 0.823. The number of benzene rings is 2. The summed E-state index contributed by atoms with van der Waals surface area (Å²) in [5, 5.41) is 9.29. The number of halogens is 1. The first kappa shape index (κ1) is 13.7. The van der Waals surface area contributed by atoms with E-state index in [-0.39, 0.29) is 12.5 Å². The fourth-order valence-corrected chi connectivity index (χ4v) is 1.55. The van der Waals surface area contributed by atoms with Crippen molar-refractivity contribution in [3.8, 4) is 17.2 Å². The van der Waals surface area contributed by atoms with E-state index in [1.54, 1.807) is 12.1 Å². The van der Waals surface area contributed by atoms with Crippen molar-refractivity contribution in [2.75, 3.05) is 12.5 Å². The van der Waals surface area contributed by atoms with E-state index in [0.717, 1.165) is 11.5 Å². The van der Waals surface area contributed by atoms with Crippen LogP contribution in [-0.4, -0.2) is 23.7 Å². The van der Waals surface area contributed by atoms with Crippen LogP contribution in [-0.2, 0) is 0 Å². The van der Waals surface area contributed by atoms with Crippen LogP contribution in [0.5, 0.6) is 17.2 Å². The molecule has 1 atom stereocenters. The summed E-state index contributed by atoms with van der Waals surface area (Å²) in [5.41, 5.74) is 0. The Morgan fingerprint density at radius 3 is 2.11 bits per heavy atom. The Morgan fingerprint density at radius 2 is 1.47 bits per heavy atom. The Hall–Kier alpha value is -1.71. The molecular formula is C15H15ClO3. The van der Waals surface area contributed by atoms with E-state index in [1.165, 1.54) is 0 Å². The van der Waals surface area contributed by atoms with Gasteiger partial charge in [-0.3, -0.25) is 0 Å². The average Bonchev–Trinajstić information content (AvgIpc) is 2.47. The molecule has 0 aliphatic rings. The van der Waals surface area contributed by atoms with Gasteiger partial charge >= 0.3 is 0 Å². The second kappa shape index (κ2) is 7.02. The van der Waals surface area contributed by atoms with Crippen molar-refractivity contribution in [2.24, 2.45) is 0 Å². The molecule has 0 saturated heterocycles. The number of aliphatic hydroxyl groups excluding tert-OH is 1. The molecule has 1 N–H and O–H groups in total. The van der Waals surface area contributed by atoms with Gasteiger partial charge < -0.3 is 14.6 Å². The van der Waals surface area contributed by atoms with Gasteiger partial charge in [0.05, 0.1) is 5.88 Å². The van der Waals surface area contributed by atoms with E-state index in [1.807, 2.05) is 42.5 Å². The molecule has 0 spiro atoms. The van der Waals surface area contributed by atoms with Gasteiger partial charge in [-0.05, 0) is 36.4 Å². The minimum atomic E-state index is -0.651. The predicted molar refractivity (Wildman–Crippen MR) is 75.2 cm³/mol. The van der Waals surface area contributed by atoms with Crippen molar-refractivity contribution in [1.82, 2.24) is 0 Å². The Balaban J connectivity index is 1.91. The molecule has 2 rings (SSSR count). The third kappa shape index (κ3) is 4.47. The van der Waals surface area contributed by atoms with Gasteiger partial charge in [0, 0.05) is 0 Å². The number of rotatable bonds is 6. The zero-order valence-electron chi connectivity index (χ0n) is 10.3. The summed E-state index contributed by atoms with van der Waals surface area (Å²) in [7, 11) is 0. The standard InChI is InChI=1S/C15H15ClO3/c16-10-12(17)11-18-13-6-8-15(9-7-13)19-14-4-2-1-3-5-14/h1-9,12,17H,10-11H2. The zero-order valence-corrected chi connectivity index (χ0v) is 11.1. The molecule has 0 aromatic heterocycles. The molecule has 0 radical (unpaired) electrons. The van der Waals surface area contributed by atoms with E-state index >= 15 is 0 Å². The van der Waals surface area contributed by atoms with Crippen molar-refractivity contribution < 1.29 is 14.6 Å². The van der Waals surface area contributed by atoms with Gasteiger partial charge in [0.25, 0.3) is 0 Å². The van der Waals surface area contributed by atoms with E-state index in [9.17, 15) is 5.11 Å². The molecule has 0 heterocycles. The molecule has 2 aromatic carbocycles. The molecule has 0 fully saturated rings. The molecule has 3 nitrogen and oxygen atoms in total. The van der Waals surface area contributed by atoms with Crippen LogP contribution in [0.2, 0.25) is 0 Å². The van der Waals surface area contributed by atoms with Crippen molar-refractivity contribution in [3.05, 3.63) is 54.6 Å². The maximum atomic E-state index is 9.29. The van der Waals surface area contributed by atoms with Gasteiger partial charge in [-0.15, -0.1) is 11.6 Å². The molecule has 100 valence electrons. The number of para-hydroxylation sites is 1. The van der Waals surface area contributed by atoms with Gasteiger partial charge in [0.1, 0.15) is 30.0 Å². The smallest absolute Gasteiger partial charge is 0.127 e. The minimum Gasteiger partial charge on any atom is -0.491 e. The highest BCUT2D eigenvalue weighted by Crippen LogP contribution is 2.23. The first-order chi connectivity index (χ1) is 9.28. The van der Waals surface area contributed by atoms with E-state index in [4.69, 9.17) is 21.1 Å². The Kier molecular flexibility index (Phi) is 5.07. The summed E-state index contributed by atoms with van der Waals surface area (Å²) in [6.45, 7) is 0.183. The first-order valence-electron chi connectivity index (χ1n) is 5.98. The maximum absolute atomic E-state index is 9.29. The third-order valence-corrected chi connectivity index (χ3v) is 2.78. The van der Waals surface area contributed by atoms with Crippen LogP contribution >= 0.6 is 11.6 Å². The average molecular weight is 279 g/mol. The van der Waals surface area contributed by atoms with Gasteiger partial charge in [0.15, 0.2) is 0 Å². The molecule has 0 aliphatic heterocycles. The molecule has 19 heavy (non-hydrogen) atoms. The summed E-state index contributed by atoms with van der Waals surface area (Å²) in [6.07, 6.45) is -0.651. The highest BCUT2D eigenvalue weighted by atomic mass is 35.5. The third-order valence-electron chi connectivity index (χ3n) is 2.42. The Bertz CT molecular complexity index is 485. The molecule has 0 bridgehead atoms. The molecule has 0 amide bonds. The zero-order chi connectivity index (χ0) is 13.5. The fraction of sp³-hybridized carbons (Fsp3) is 0.200. The van der Waals surface area contributed by atoms with Gasteiger partial charge in [-0.25, -0.2) is 0 Å². The highest BCUT2D eigenvalue weighted by molar-refractivity contribution is 6.18. The Morgan fingerprint density at radius 1 is 0.895 bits per heavy atom. The van der Waals surface area contributed by atoms with E-state index < -0.39 is 6.10 Å². The number of hydrogen-bond acceptors (Lipinski definition) is 3. The van der Waals surface area contributed by atoms with Crippen LogP contribution in [0.3, 0.4) is 0 Å². The number of ether oxygens (including phenoxy) is 2. The monoisotopic (exact) mass is 278 g/mol. The van der Waals surface area contributed by atoms with Crippen LogP contribution in [0, 0.1) is 0 Å². The van der Waals surface area contributed by atoms with Crippen molar-refractivity contribution >= 4 is 11.6 Å². The van der Waals surface area contributed by atoms with E-state index in [2.05, 4.69) is 0 Å². The van der Waals surface area contributed by atoms with Gasteiger partial charge in [-0.1, -0.05) is 18.2 Å². The molecule has 1 unspecified atom stereocenters. The lowest BCUT2D eigenvalue weighted by Crippen LogP contribution is -2.18. The Labute approximate surface area is 117 Å². The minimum absolute atomic E-state index is 0.162. The van der Waals surface area contributed by atoms with Crippen molar-refractivity contribution in [1.29, 1.82) is 0 Å². The lowest BCUT2D eigenvalue weighted by molar-refractivity contribution is 0.125. The predicted octanol–water partition coefficient (Wildman–Crippen LogP) is 3.46. The largest absolute Gasteiger partial charge is 0.491 e. The number of aliphatic hydroxyl groups is 1. The van der Waals surface area contributed by atoms with Crippen molar-refractivity contribution in [3.63, 3.8) is 0 Å². The molecule has 0 saturated carbocycles. The summed E-state index contributed by atoms with van der Waals surface area (Å²) in [4.78, 5) is 0. The lowest BCUT2D eigenvalue weighted by atomic mass is 10.3. The second-order valence-electron chi connectivity index (χ2n) is 4.01. The van der Waals surface area contributed by atoms with Crippen LogP contribution in [0.25, 0.3) is 0 Å². The first-order valence-corrected chi connectivity index (χ1v) is 6.51. The normalized spacial score (nSPS) is 11.9.